The van der Waals surface area contributed by atoms with Crippen LogP contribution in [0.1, 0.15) is 43.4 Å². The number of phenols is 1. The molecule has 0 spiro atoms. The quantitative estimate of drug-likeness (QED) is 0.308. The maximum absolute atomic E-state index is 17.0. The molecule has 0 saturated carbocycles. The summed E-state index contributed by atoms with van der Waals surface area (Å²) in [5.74, 6) is 0.886. The number of pyridine rings is 1. The summed E-state index contributed by atoms with van der Waals surface area (Å²) in [6.07, 6.45) is 8.55. The second kappa shape index (κ2) is 10.7. The molecular formula is C34H30F3N7O2. The van der Waals surface area contributed by atoms with Crippen molar-refractivity contribution in [2.75, 3.05) is 37.7 Å². The van der Waals surface area contributed by atoms with Gasteiger partial charge in [0, 0.05) is 49.1 Å². The van der Waals surface area contributed by atoms with Crippen LogP contribution in [0.3, 0.4) is 0 Å². The number of rotatable bonds is 5. The lowest BCUT2D eigenvalue weighted by Gasteiger charge is -2.37. The highest BCUT2D eigenvalue weighted by Crippen LogP contribution is 2.43. The molecule has 12 heteroatoms. The Morgan fingerprint density at radius 1 is 1.13 bits per heavy atom. The van der Waals surface area contributed by atoms with Gasteiger partial charge in [0.15, 0.2) is 11.5 Å². The van der Waals surface area contributed by atoms with E-state index < -0.39 is 23.3 Å². The van der Waals surface area contributed by atoms with E-state index in [1.54, 1.807) is 0 Å². The van der Waals surface area contributed by atoms with Crippen LogP contribution in [0.4, 0.5) is 19.0 Å². The van der Waals surface area contributed by atoms with Gasteiger partial charge in [0.25, 0.3) is 0 Å². The van der Waals surface area contributed by atoms with Gasteiger partial charge in [-0.1, -0.05) is 12.0 Å². The van der Waals surface area contributed by atoms with E-state index in [9.17, 15) is 19.1 Å². The Balaban J connectivity index is 1.35. The number of fused-ring (bicyclic) bond motifs is 5. The van der Waals surface area contributed by atoms with Crippen LogP contribution in [0.15, 0.2) is 24.3 Å². The minimum absolute atomic E-state index is 0.0173. The maximum Gasteiger partial charge on any atom is 0.319 e. The SMILES string of the molecule is C#Cc1c(F)ccc2cc(O)cc(-c3nc(C#N)c4c(N5[C@@H]6CC[C@H]5CNC6)nc(OC[C@@]56CCCN5C[C@H](F)C6)nc4c3F)c12. The van der Waals surface area contributed by atoms with Gasteiger partial charge in [-0.05, 0) is 55.8 Å². The van der Waals surface area contributed by atoms with E-state index in [1.165, 1.54) is 24.3 Å². The molecule has 4 aromatic rings. The molecule has 4 atom stereocenters. The van der Waals surface area contributed by atoms with Crippen LogP contribution in [0.2, 0.25) is 0 Å². The van der Waals surface area contributed by atoms with Crippen molar-refractivity contribution in [2.45, 2.75) is 55.9 Å². The Morgan fingerprint density at radius 2 is 1.93 bits per heavy atom. The van der Waals surface area contributed by atoms with Gasteiger partial charge < -0.3 is 20.1 Å². The molecule has 2 N–H and O–H groups in total. The molecule has 46 heavy (non-hydrogen) atoms. The van der Waals surface area contributed by atoms with Gasteiger partial charge in [-0.2, -0.15) is 15.2 Å². The fraction of sp³-hybridized carbons (Fsp3) is 0.412. The summed E-state index contributed by atoms with van der Waals surface area (Å²) in [5.41, 5.74) is -1.23. The molecule has 0 amide bonds. The number of phenolic OH excluding ortho intramolecular Hbond substituents is 1. The fourth-order valence-corrected chi connectivity index (χ4v) is 8.17. The third-order valence-electron chi connectivity index (χ3n) is 10.2. The number of piperazine rings is 1. The highest BCUT2D eigenvalue weighted by molar-refractivity contribution is 6.04. The number of anilines is 1. The standard InChI is InChI=1S/C34H30F3N7O2/c1-2-23-25(36)7-4-18-10-22(45)11-24(27(18)23)30-29(37)31-28(26(13-38)40-30)32(44-20-5-6-21(44)15-39-14-20)42-33(41-31)46-17-34-8-3-9-43(34)16-19(35)12-34/h1,4,7,10-11,19-21,39,45H,3,5-6,8-9,12,14-17H2/t19-,20-,21+,34+/m1/s1. The zero-order chi connectivity index (χ0) is 31.7. The molecule has 4 saturated heterocycles. The van der Waals surface area contributed by atoms with E-state index >= 15 is 4.39 Å². The third kappa shape index (κ3) is 4.35. The molecule has 0 radical (unpaired) electrons. The lowest BCUT2D eigenvalue weighted by atomic mass is 9.95. The summed E-state index contributed by atoms with van der Waals surface area (Å²) < 4.78 is 52.6. The van der Waals surface area contributed by atoms with Crippen LogP contribution < -0.4 is 15.0 Å². The lowest BCUT2D eigenvalue weighted by Crippen LogP contribution is -2.52. The molecule has 4 aliphatic heterocycles. The average molecular weight is 626 g/mol. The highest BCUT2D eigenvalue weighted by atomic mass is 19.1. The molecule has 4 fully saturated rings. The number of halogens is 3. The number of nitriles is 1. The van der Waals surface area contributed by atoms with Crippen molar-refractivity contribution in [3.05, 3.63) is 47.2 Å². The van der Waals surface area contributed by atoms with E-state index in [4.69, 9.17) is 16.1 Å². The number of alkyl halides is 1. The number of terminal acetylenes is 1. The van der Waals surface area contributed by atoms with E-state index in [2.05, 4.69) is 37.1 Å². The Morgan fingerprint density at radius 3 is 2.70 bits per heavy atom. The molecule has 6 heterocycles. The molecule has 0 aliphatic carbocycles. The smallest absolute Gasteiger partial charge is 0.319 e. The predicted molar refractivity (Wildman–Crippen MR) is 165 cm³/mol. The minimum atomic E-state index is -0.951. The number of hydrogen-bond donors (Lipinski definition) is 2. The Labute approximate surface area is 263 Å². The van der Waals surface area contributed by atoms with E-state index in [1.807, 2.05) is 0 Å². The summed E-state index contributed by atoms with van der Waals surface area (Å²) >= 11 is 0. The van der Waals surface area contributed by atoms with Crippen molar-refractivity contribution in [3.8, 4) is 41.4 Å². The van der Waals surface area contributed by atoms with Crippen molar-refractivity contribution in [3.63, 3.8) is 0 Å². The number of ether oxygens (including phenoxy) is 1. The fourth-order valence-electron chi connectivity index (χ4n) is 8.17. The summed E-state index contributed by atoms with van der Waals surface area (Å²) in [7, 11) is 0. The van der Waals surface area contributed by atoms with Gasteiger partial charge in [0.2, 0.25) is 0 Å². The molecule has 2 aromatic heterocycles. The number of aromatic nitrogens is 3. The molecule has 8 rings (SSSR count). The van der Waals surface area contributed by atoms with E-state index in [-0.39, 0.29) is 69.3 Å². The van der Waals surface area contributed by atoms with Crippen LogP contribution in [0.25, 0.3) is 32.9 Å². The minimum Gasteiger partial charge on any atom is -0.508 e. The summed E-state index contributed by atoms with van der Waals surface area (Å²) in [4.78, 5) is 18.0. The number of nitrogens with one attached hydrogen (secondary N) is 1. The first kappa shape index (κ1) is 28.8. The second-order valence-electron chi connectivity index (χ2n) is 12.8. The van der Waals surface area contributed by atoms with Crippen LogP contribution in [-0.2, 0) is 0 Å². The summed E-state index contributed by atoms with van der Waals surface area (Å²) in [6, 6.07) is 7.39. The molecule has 2 aromatic carbocycles. The van der Waals surface area contributed by atoms with Crippen molar-refractivity contribution in [2.24, 2.45) is 0 Å². The number of benzene rings is 2. The van der Waals surface area contributed by atoms with Crippen molar-refractivity contribution in [1.82, 2.24) is 25.2 Å². The first-order chi connectivity index (χ1) is 22.3. The Bertz CT molecular complexity index is 1990. The predicted octanol–water partition coefficient (Wildman–Crippen LogP) is 4.58. The molecule has 4 aliphatic rings. The maximum atomic E-state index is 17.0. The Kier molecular flexibility index (Phi) is 6.71. The number of hydrogen-bond acceptors (Lipinski definition) is 9. The zero-order valence-electron chi connectivity index (χ0n) is 24.9. The van der Waals surface area contributed by atoms with Crippen molar-refractivity contribution in [1.29, 1.82) is 5.26 Å². The van der Waals surface area contributed by atoms with Gasteiger partial charge >= 0.3 is 6.01 Å². The topological polar surface area (TPSA) is 110 Å². The first-order valence-corrected chi connectivity index (χ1v) is 15.5. The number of nitrogens with zero attached hydrogens (tertiary/aromatic N) is 6. The van der Waals surface area contributed by atoms with Crippen LogP contribution in [0, 0.1) is 35.3 Å². The molecule has 0 unspecified atom stereocenters. The van der Waals surface area contributed by atoms with Gasteiger partial charge in [0.1, 0.15) is 47.4 Å². The largest absolute Gasteiger partial charge is 0.508 e. The second-order valence-corrected chi connectivity index (χ2v) is 12.8. The Hall–Kier alpha value is -4.65. The van der Waals surface area contributed by atoms with E-state index in [0.29, 0.717) is 37.3 Å². The summed E-state index contributed by atoms with van der Waals surface area (Å²) in [6.45, 7) is 2.66. The van der Waals surface area contributed by atoms with Crippen molar-refractivity contribution >= 4 is 27.5 Å². The average Bonchev–Trinajstić information content (AvgIpc) is 3.66. The van der Waals surface area contributed by atoms with Crippen LogP contribution in [0.5, 0.6) is 11.8 Å². The van der Waals surface area contributed by atoms with E-state index in [0.717, 1.165) is 32.2 Å². The normalized spacial score (nSPS) is 25.6. The van der Waals surface area contributed by atoms with Gasteiger partial charge in [0.05, 0.1) is 16.5 Å². The van der Waals surface area contributed by atoms with Crippen LogP contribution in [-0.4, -0.2) is 81.5 Å². The highest BCUT2D eigenvalue weighted by Gasteiger charge is 2.49. The molecule has 2 bridgehead atoms. The monoisotopic (exact) mass is 625 g/mol. The number of aromatic hydroxyl groups is 1. The first-order valence-electron chi connectivity index (χ1n) is 15.5. The lowest BCUT2D eigenvalue weighted by molar-refractivity contribution is 0.107. The summed E-state index contributed by atoms with van der Waals surface area (Å²) in [5, 5.41) is 25.1. The van der Waals surface area contributed by atoms with Gasteiger partial charge in [-0.25, -0.2) is 18.2 Å². The zero-order valence-corrected chi connectivity index (χ0v) is 24.9. The molecular weight excluding hydrogens is 595 g/mol. The molecule has 9 nitrogen and oxygen atoms in total. The van der Waals surface area contributed by atoms with Crippen LogP contribution >= 0.6 is 0 Å². The van der Waals surface area contributed by atoms with Gasteiger partial charge in [-0.3, -0.25) is 4.90 Å². The third-order valence-corrected chi connectivity index (χ3v) is 10.2. The molecule has 234 valence electrons. The van der Waals surface area contributed by atoms with Gasteiger partial charge in [-0.15, -0.1) is 6.42 Å². The van der Waals surface area contributed by atoms with Crippen molar-refractivity contribution < 1.29 is 23.0 Å².